The van der Waals surface area contributed by atoms with Gasteiger partial charge in [0, 0.05) is 24.8 Å². The topological polar surface area (TPSA) is 205 Å². The third kappa shape index (κ3) is 20.5. The molecule has 0 N–H and O–H groups in total. The normalized spacial score (nSPS) is 17.0. The van der Waals surface area contributed by atoms with Crippen LogP contribution in [0.15, 0.2) is 134 Å². The maximum absolute atomic E-state index is 13.7. The van der Waals surface area contributed by atoms with E-state index in [1.165, 1.54) is 23.6 Å². The van der Waals surface area contributed by atoms with Gasteiger partial charge in [-0.05, 0) is 169 Å². The van der Waals surface area contributed by atoms with E-state index in [1.54, 1.807) is 60.6 Å². The van der Waals surface area contributed by atoms with Crippen LogP contribution in [0, 0.1) is 23.7 Å². The molecule has 1 heterocycles. The number of benzene rings is 3. The highest BCUT2D eigenvalue weighted by Gasteiger charge is 2.34. The second kappa shape index (κ2) is 32.1. The number of carbonyl (C=O) groups is 6. The second-order valence-electron chi connectivity index (χ2n) is 19.2. The number of para-hydroxylation sites is 1. The molecule has 0 unspecified atom stereocenters. The minimum atomic E-state index is -0.482. The van der Waals surface area contributed by atoms with Crippen molar-refractivity contribution < 1.29 is 66.7 Å². The van der Waals surface area contributed by atoms with Gasteiger partial charge >= 0.3 is 35.8 Å². The quantitative estimate of drug-likeness (QED) is 0.00529. The molecule has 3 aromatic carbocycles. The van der Waals surface area contributed by atoms with Crippen LogP contribution < -0.4 is 24.0 Å². The predicted molar refractivity (Wildman–Crippen MR) is 301 cm³/mol. The molecule has 79 heavy (non-hydrogen) atoms. The largest absolute Gasteiger partial charge is 0.494 e. The molecule has 2 aliphatic rings. The molecular weight excluding hydrogens is 1030 g/mol. The minimum Gasteiger partial charge on any atom is -0.494 e. The van der Waals surface area contributed by atoms with Crippen LogP contribution >= 0.6 is 11.3 Å². The number of nitrogens with zero attached hydrogens (tertiary/aromatic N) is 3. The van der Waals surface area contributed by atoms with E-state index >= 15 is 0 Å². The lowest BCUT2D eigenvalue weighted by Gasteiger charge is -2.26. The lowest BCUT2D eigenvalue weighted by atomic mass is 9.82. The van der Waals surface area contributed by atoms with E-state index in [-0.39, 0.29) is 29.1 Å². The summed E-state index contributed by atoms with van der Waals surface area (Å²) in [5, 5.41) is 6.87. The number of ether oxygens (including phenoxy) is 8. The Hall–Kier alpha value is -7.86. The maximum Gasteiger partial charge on any atom is 0.330 e. The summed E-state index contributed by atoms with van der Waals surface area (Å²) < 4.78 is 45.6. The van der Waals surface area contributed by atoms with E-state index in [1.807, 2.05) is 24.3 Å². The van der Waals surface area contributed by atoms with Crippen LogP contribution in [0.2, 0.25) is 0 Å². The number of hydrogen-bond donors (Lipinski definition) is 0. The van der Waals surface area contributed by atoms with E-state index in [4.69, 9.17) is 37.9 Å². The van der Waals surface area contributed by atoms with Crippen LogP contribution in [0.1, 0.15) is 108 Å². The zero-order chi connectivity index (χ0) is 56.4. The van der Waals surface area contributed by atoms with Crippen molar-refractivity contribution in [1.29, 1.82) is 0 Å². The fraction of sp³-hybridized carbons (Fsp3) is 0.410. The third-order valence-corrected chi connectivity index (χ3v) is 14.4. The number of carbonyl (C=O) groups excluding carboxylic acids is 6. The summed E-state index contributed by atoms with van der Waals surface area (Å²) in [4.78, 5) is 80.5. The molecule has 0 bridgehead atoms. The summed E-state index contributed by atoms with van der Waals surface area (Å²) >= 11 is 1.47. The molecule has 0 amide bonds. The predicted octanol–water partition coefficient (Wildman–Crippen LogP) is 11.9. The molecule has 2 saturated carbocycles. The number of hydrogen-bond acceptors (Lipinski definition) is 18. The summed E-state index contributed by atoms with van der Waals surface area (Å²) in [6, 6.07) is 19.4. The van der Waals surface area contributed by atoms with Gasteiger partial charge in [-0.2, -0.15) is 5.10 Å². The first kappa shape index (κ1) is 60.4. The summed E-state index contributed by atoms with van der Waals surface area (Å²) in [5.41, 5.74) is 1.21. The summed E-state index contributed by atoms with van der Waals surface area (Å²) in [7, 11) is 1.76. The molecule has 4 aromatic rings. The average molecular weight is 1100 g/mol. The SMILES string of the molecule is C=CC(=O)OCCCCCCOC(=C)/C=C\C(=C)OC(=O)C1CCC(C(=O)Oc2ccc(OC(=O)C3CCC(C(=O)Oc4ccc(OCCCCCCOC(=O)C=C)cc4)CC3)cc2/C=N/N(C)c2nc3ccccc3s2)CC1. The molecule has 17 nitrogen and oxygen atoms in total. The van der Waals surface area contributed by atoms with Gasteiger partial charge in [0.2, 0.25) is 5.13 Å². The van der Waals surface area contributed by atoms with Gasteiger partial charge in [-0.25, -0.2) is 19.6 Å². The fourth-order valence-electron chi connectivity index (χ4n) is 8.76. The van der Waals surface area contributed by atoms with Crippen LogP contribution in [0.25, 0.3) is 10.2 Å². The second-order valence-corrected chi connectivity index (χ2v) is 20.2. The first-order valence-corrected chi connectivity index (χ1v) is 27.7. The van der Waals surface area contributed by atoms with E-state index in [2.05, 4.69) is 36.4 Å². The molecule has 2 aliphatic carbocycles. The van der Waals surface area contributed by atoms with Crippen LogP contribution in [0.5, 0.6) is 23.0 Å². The third-order valence-electron chi connectivity index (χ3n) is 13.3. The molecule has 0 atom stereocenters. The van der Waals surface area contributed by atoms with Gasteiger partial charge in [0.1, 0.15) is 34.5 Å². The van der Waals surface area contributed by atoms with Crippen molar-refractivity contribution in [2.75, 3.05) is 38.5 Å². The summed E-state index contributed by atoms with van der Waals surface area (Å²) in [5.74, 6) is -2.23. The Morgan fingerprint density at radius 3 is 1.63 bits per heavy atom. The molecule has 0 saturated heterocycles. The Labute approximate surface area is 465 Å². The number of aromatic nitrogens is 1. The smallest absolute Gasteiger partial charge is 0.330 e. The molecule has 1 aromatic heterocycles. The number of unbranched alkanes of at least 4 members (excludes halogenated alkanes) is 6. The minimum absolute atomic E-state index is 0.141. The molecule has 2 fully saturated rings. The van der Waals surface area contributed by atoms with Gasteiger partial charge in [0.25, 0.3) is 0 Å². The van der Waals surface area contributed by atoms with E-state index in [0.29, 0.717) is 106 Å². The van der Waals surface area contributed by atoms with Crippen LogP contribution in [0.4, 0.5) is 5.13 Å². The van der Waals surface area contributed by atoms with Crippen molar-refractivity contribution in [1.82, 2.24) is 4.98 Å². The van der Waals surface area contributed by atoms with Gasteiger partial charge < -0.3 is 37.9 Å². The van der Waals surface area contributed by atoms with Crippen molar-refractivity contribution in [3.63, 3.8) is 0 Å². The highest BCUT2D eigenvalue weighted by Crippen LogP contribution is 2.35. The molecule has 6 rings (SSSR count). The Balaban J connectivity index is 0.956. The van der Waals surface area contributed by atoms with Crippen LogP contribution in [-0.2, 0) is 47.7 Å². The molecule has 0 aliphatic heterocycles. The Morgan fingerprint density at radius 2 is 1.06 bits per heavy atom. The van der Waals surface area contributed by atoms with Crippen LogP contribution in [0.3, 0.4) is 0 Å². The van der Waals surface area contributed by atoms with Crippen molar-refractivity contribution in [3.8, 4) is 23.0 Å². The average Bonchev–Trinajstić information content (AvgIpc) is 3.93. The number of anilines is 1. The van der Waals surface area contributed by atoms with Crippen molar-refractivity contribution >= 4 is 68.7 Å². The lowest BCUT2D eigenvalue weighted by Crippen LogP contribution is -2.30. The van der Waals surface area contributed by atoms with Gasteiger partial charge in [-0.1, -0.05) is 49.8 Å². The van der Waals surface area contributed by atoms with E-state index in [0.717, 1.165) is 73.7 Å². The Kier molecular flexibility index (Phi) is 24.6. The van der Waals surface area contributed by atoms with E-state index < -0.39 is 47.6 Å². The molecule has 0 radical (unpaired) electrons. The number of fused-ring (bicyclic) bond motifs is 1. The number of esters is 6. The van der Waals surface area contributed by atoms with Gasteiger partial charge in [0.05, 0.1) is 66.5 Å². The molecule has 420 valence electrons. The Bertz CT molecular complexity index is 2770. The molecule has 18 heteroatoms. The van der Waals surface area contributed by atoms with Crippen LogP contribution in [-0.4, -0.2) is 80.5 Å². The maximum atomic E-state index is 13.7. The zero-order valence-electron chi connectivity index (χ0n) is 45.0. The van der Waals surface area contributed by atoms with Crippen molar-refractivity contribution in [3.05, 3.63) is 134 Å². The monoisotopic (exact) mass is 1100 g/mol. The number of hydrazone groups is 1. The first-order chi connectivity index (χ1) is 38.3. The number of rotatable bonds is 31. The van der Waals surface area contributed by atoms with Crippen molar-refractivity contribution in [2.45, 2.75) is 103 Å². The van der Waals surface area contributed by atoms with Gasteiger partial charge in [0.15, 0.2) is 0 Å². The standard InChI is InChI=1S/C61H71N3O14S/c1-6-55(65)73-38-16-10-8-14-36-71-42(3)20-21-43(4)75-57(67)44-22-28-47(29-23-44)60(70)78-53-35-34-51(40-48(53)41-62-64(5)61-63-52-18-12-13-19-54(52)79-61)77-59(69)46-26-24-45(25-27-46)58(68)76-50-32-30-49(31-33-50)72-37-15-9-11-17-39-74-56(66)7-2/h6-7,12-13,18-21,30-35,40-41,44-47H,1-4,8-11,14-17,22-29,36-39H2,5H3/b21-20-,62-41+. The highest BCUT2D eigenvalue weighted by molar-refractivity contribution is 7.22. The summed E-state index contributed by atoms with van der Waals surface area (Å²) in [6.45, 7) is 16.2. The molecule has 0 spiro atoms. The number of allylic oxidation sites excluding steroid dienone is 2. The molecular formula is C61H71N3O14S. The number of thiazole rings is 1. The summed E-state index contributed by atoms with van der Waals surface area (Å²) in [6.07, 6.45) is 17.1. The van der Waals surface area contributed by atoms with Crippen molar-refractivity contribution in [2.24, 2.45) is 28.8 Å². The van der Waals surface area contributed by atoms with E-state index in [9.17, 15) is 28.8 Å². The van der Waals surface area contributed by atoms with Gasteiger partial charge in [-0.15, -0.1) is 0 Å². The van der Waals surface area contributed by atoms with Gasteiger partial charge in [-0.3, -0.25) is 19.2 Å². The Morgan fingerprint density at radius 1 is 0.582 bits per heavy atom. The lowest BCUT2D eigenvalue weighted by molar-refractivity contribution is -0.148. The first-order valence-electron chi connectivity index (χ1n) is 26.9. The highest BCUT2D eigenvalue weighted by atomic mass is 32.1. The fourth-order valence-corrected chi connectivity index (χ4v) is 9.64. The zero-order valence-corrected chi connectivity index (χ0v) is 45.8.